The molecule has 112 valence electrons. The number of nitrogens with one attached hydrogen (secondary N) is 1. The van der Waals surface area contributed by atoms with E-state index in [1.165, 1.54) is 0 Å². The zero-order chi connectivity index (χ0) is 15.8. The van der Waals surface area contributed by atoms with Gasteiger partial charge in [-0.1, -0.05) is 29.4 Å². The largest absolute Gasteiger partial charge is 0.489 e. The maximum Gasteiger partial charge on any atom is 0.265 e. The van der Waals surface area contributed by atoms with Gasteiger partial charge in [0.15, 0.2) is 0 Å². The SMILES string of the molecule is [N-]=[N+]=NCc1ccc(OCc2ccc(C(=O)NN)cc2)cc1. The third-order valence-corrected chi connectivity index (χ3v) is 2.99. The van der Waals surface area contributed by atoms with Gasteiger partial charge in [0.25, 0.3) is 5.91 Å². The van der Waals surface area contributed by atoms with E-state index in [-0.39, 0.29) is 5.91 Å². The van der Waals surface area contributed by atoms with Crippen molar-refractivity contribution >= 4 is 5.91 Å². The zero-order valence-electron chi connectivity index (χ0n) is 11.8. The lowest BCUT2D eigenvalue weighted by Gasteiger charge is -2.07. The van der Waals surface area contributed by atoms with Gasteiger partial charge < -0.3 is 4.74 Å². The lowest BCUT2D eigenvalue weighted by molar-refractivity contribution is 0.0953. The van der Waals surface area contributed by atoms with E-state index in [0.717, 1.165) is 11.1 Å². The van der Waals surface area contributed by atoms with Crippen molar-refractivity contribution in [2.45, 2.75) is 13.2 Å². The molecule has 0 bridgehead atoms. The minimum atomic E-state index is -0.330. The van der Waals surface area contributed by atoms with Gasteiger partial charge >= 0.3 is 0 Å². The number of hydrazine groups is 1. The molecule has 0 radical (unpaired) electrons. The molecule has 0 aromatic heterocycles. The predicted molar refractivity (Wildman–Crippen MR) is 81.7 cm³/mol. The third-order valence-electron chi connectivity index (χ3n) is 2.99. The second-order valence-electron chi connectivity index (χ2n) is 4.49. The fourth-order valence-electron chi connectivity index (χ4n) is 1.81. The molecule has 0 heterocycles. The number of nitrogens with zero attached hydrogens (tertiary/aromatic N) is 3. The van der Waals surface area contributed by atoms with Crippen LogP contribution in [0.4, 0.5) is 0 Å². The fraction of sp³-hybridized carbons (Fsp3) is 0.133. The summed E-state index contributed by atoms with van der Waals surface area (Å²) in [6, 6.07) is 14.3. The molecule has 2 aromatic carbocycles. The van der Waals surface area contributed by atoms with E-state index >= 15 is 0 Å². The summed E-state index contributed by atoms with van der Waals surface area (Å²) in [5.41, 5.74) is 12.7. The summed E-state index contributed by atoms with van der Waals surface area (Å²) < 4.78 is 5.65. The molecule has 22 heavy (non-hydrogen) atoms. The van der Waals surface area contributed by atoms with E-state index in [9.17, 15) is 4.79 Å². The molecule has 7 heteroatoms. The van der Waals surface area contributed by atoms with Crippen LogP contribution in [0.15, 0.2) is 53.6 Å². The maximum absolute atomic E-state index is 11.3. The summed E-state index contributed by atoms with van der Waals surface area (Å²) in [5.74, 6) is 5.45. The lowest BCUT2D eigenvalue weighted by Crippen LogP contribution is -2.29. The van der Waals surface area contributed by atoms with E-state index < -0.39 is 0 Å². The van der Waals surface area contributed by atoms with E-state index in [0.29, 0.717) is 24.5 Å². The molecule has 7 nitrogen and oxygen atoms in total. The van der Waals surface area contributed by atoms with Crippen molar-refractivity contribution in [3.63, 3.8) is 0 Å². The van der Waals surface area contributed by atoms with Crippen LogP contribution in [0.3, 0.4) is 0 Å². The van der Waals surface area contributed by atoms with Crippen molar-refractivity contribution in [2.75, 3.05) is 0 Å². The Morgan fingerprint density at radius 2 is 1.77 bits per heavy atom. The van der Waals surface area contributed by atoms with E-state index in [1.54, 1.807) is 24.3 Å². The second-order valence-corrected chi connectivity index (χ2v) is 4.49. The molecule has 0 atom stereocenters. The molecule has 0 spiro atoms. The summed E-state index contributed by atoms with van der Waals surface area (Å²) in [4.78, 5) is 14.0. The molecular formula is C15H15N5O2. The average molecular weight is 297 g/mol. The molecule has 2 rings (SSSR count). The number of hydrogen-bond acceptors (Lipinski definition) is 4. The molecule has 0 unspecified atom stereocenters. The van der Waals surface area contributed by atoms with Crippen LogP contribution >= 0.6 is 0 Å². The number of carbonyl (C=O) groups excluding carboxylic acids is 1. The van der Waals surface area contributed by atoms with Gasteiger partial charge in [-0.3, -0.25) is 10.2 Å². The number of nitrogens with two attached hydrogens (primary N) is 1. The van der Waals surface area contributed by atoms with Crippen LogP contribution in [0.5, 0.6) is 5.75 Å². The average Bonchev–Trinajstić information content (AvgIpc) is 2.58. The van der Waals surface area contributed by atoms with Crippen molar-refractivity contribution in [3.8, 4) is 5.75 Å². The Morgan fingerprint density at radius 1 is 1.14 bits per heavy atom. The Kier molecular flexibility index (Phi) is 5.37. The summed E-state index contributed by atoms with van der Waals surface area (Å²) in [7, 11) is 0. The monoisotopic (exact) mass is 297 g/mol. The standard InChI is InChI=1S/C15H15N5O2/c16-19-15(21)13-5-1-12(2-6-13)10-22-14-7-3-11(4-8-14)9-18-20-17/h1-8H,9-10,16H2,(H,19,21). The van der Waals surface area contributed by atoms with Gasteiger partial charge in [0.2, 0.25) is 0 Å². The van der Waals surface area contributed by atoms with Crippen LogP contribution < -0.4 is 16.0 Å². The molecule has 2 aromatic rings. The zero-order valence-corrected chi connectivity index (χ0v) is 11.8. The summed E-state index contributed by atoms with van der Waals surface area (Å²) >= 11 is 0. The van der Waals surface area contributed by atoms with Gasteiger partial charge in [-0.15, -0.1) is 0 Å². The van der Waals surface area contributed by atoms with Crippen molar-refractivity contribution in [3.05, 3.63) is 75.7 Å². The van der Waals surface area contributed by atoms with Crippen LogP contribution in [0.2, 0.25) is 0 Å². The van der Waals surface area contributed by atoms with Gasteiger partial charge in [0.05, 0.1) is 6.54 Å². The molecule has 0 aliphatic rings. The normalized spacial score (nSPS) is 9.68. The first-order valence-corrected chi connectivity index (χ1v) is 6.55. The molecule has 0 aliphatic carbocycles. The van der Waals surface area contributed by atoms with Crippen molar-refractivity contribution in [1.29, 1.82) is 0 Å². The number of ether oxygens (including phenoxy) is 1. The molecule has 1 amide bonds. The number of hydrogen-bond donors (Lipinski definition) is 2. The summed E-state index contributed by atoms with van der Waals surface area (Å²) in [6.45, 7) is 0.710. The maximum atomic E-state index is 11.3. The molecule has 3 N–H and O–H groups in total. The van der Waals surface area contributed by atoms with E-state index in [2.05, 4.69) is 15.5 Å². The Labute approximate surface area is 127 Å². The minimum absolute atomic E-state index is 0.321. The number of benzene rings is 2. The topological polar surface area (TPSA) is 113 Å². The molecule has 0 saturated heterocycles. The Balaban J connectivity index is 1.92. The first-order chi connectivity index (χ1) is 10.7. The number of nitrogen functional groups attached to an aromatic ring is 1. The number of carbonyl (C=O) groups is 1. The van der Waals surface area contributed by atoms with Crippen LogP contribution in [-0.2, 0) is 13.2 Å². The molecule has 0 fully saturated rings. The number of amides is 1. The van der Waals surface area contributed by atoms with Crippen LogP contribution in [0.25, 0.3) is 10.4 Å². The van der Waals surface area contributed by atoms with Crippen LogP contribution in [0, 0.1) is 0 Å². The smallest absolute Gasteiger partial charge is 0.265 e. The van der Waals surface area contributed by atoms with Crippen molar-refractivity contribution < 1.29 is 9.53 Å². The van der Waals surface area contributed by atoms with Gasteiger partial charge in [0, 0.05) is 10.5 Å². The highest BCUT2D eigenvalue weighted by Crippen LogP contribution is 2.15. The minimum Gasteiger partial charge on any atom is -0.489 e. The fourth-order valence-corrected chi connectivity index (χ4v) is 1.81. The van der Waals surface area contributed by atoms with Crippen LogP contribution in [-0.4, -0.2) is 5.91 Å². The van der Waals surface area contributed by atoms with Gasteiger partial charge in [-0.05, 0) is 40.9 Å². The molecule has 0 saturated carbocycles. The van der Waals surface area contributed by atoms with Gasteiger partial charge in [-0.25, -0.2) is 5.84 Å². The Bertz CT molecular complexity index is 676. The highest BCUT2D eigenvalue weighted by Gasteiger charge is 2.03. The van der Waals surface area contributed by atoms with Crippen molar-refractivity contribution in [2.24, 2.45) is 11.0 Å². The highest BCUT2D eigenvalue weighted by molar-refractivity contribution is 5.93. The predicted octanol–water partition coefficient (Wildman–Crippen LogP) is 2.68. The quantitative estimate of drug-likeness (QED) is 0.213. The summed E-state index contributed by atoms with van der Waals surface area (Å²) in [5, 5.41) is 3.49. The van der Waals surface area contributed by atoms with Crippen LogP contribution in [0.1, 0.15) is 21.5 Å². The number of rotatable bonds is 6. The lowest BCUT2D eigenvalue weighted by atomic mass is 10.1. The summed E-state index contributed by atoms with van der Waals surface area (Å²) in [6.07, 6.45) is 0. The molecular weight excluding hydrogens is 282 g/mol. The van der Waals surface area contributed by atoms with Gasteiger partial charge in [-0.2, -0.15) is 0 Å². The third kappa shape index (κ3) is 4.24. The van der Waals surface area contributed by atoms with Crippen molar-refractivity contribution in [1.82, 2.24) is 5.43 Å². The number of azide groups is 1. The first-order valence-electron chi connectivity index (χ1n) is 6.55. The van der Waals surface area contributed by atoms with E-state index in [1.807, 2.05) is 24.3 Å². The highest BCUT2D eigenvalue weighted by atomic mass is 16.5. The second kappa shape index (κ2) is 7.68. The van der Waals surface area contributed by atoms with Gasteiger partial charge in [0.1, 0.15) is 12.4 Å². The first kappa shape index (κ1) is 15.4. The molecule has 0 aliphatic heterocycles. The Hall–Kier alpha value is -3.02. The van der Waals surface area contributed by atoms with E-state index in [4.69, 9.17) is 16.1 Å². The Morgan fingerprint density at radius 3 is 2.36 bits per heavy atom.